The molecule has 2 aliphatic carbocycles. The van der Waals surface area contributed by atoms with Crippen LogP contribution in [0.25, 0.3) is 11.0 Å². The minimum atomic E-state index is -3.85. The van der Waals surface area contributed by atoms with Gasteiger partial charge in [0.15, 0.2) is 5.82 Å². The number of fused-ring (bicyclic) bond motifs is 3. The fourth-order valence-electron chi connectivity index (χ4n) is 6.29. The minimum Gasteiger partial charge on any atom is -0.471 e. The molecule has 242 valence electrons. The van der Waals surface area contributed by atoms with E-state index in [4.69, 9.17) is 10.5 Å². The lowest BCUT2D eigenvalue weighted by Crippen LogP contribution is -2.57. The second-order valence-corrected chi connectivity index (χ2v) is 14.5. The van der Waals surface area contributed by atoms with Crippen LogP contribution in [0, 0.1) is 11.7 Å². The van der Waals surface area contributed by atoms with Crippen LogP contribution in [-0.4, -0.2) is 76.5 Å². The number of nitrogens with two attached hydrogens (primary N) is 1. The summed E-state index contributed by atoms with van der Waals surface area (Å²) in [5.41, 5.74) is 5.81. The highest BCUT2D eigenvalue weighted by Crippen LogP contribution is 2.46. The summed E-state index contributed by atoms with van der Waals surface area (Å²) >= 11 is 0. The molecule has 1 aromatic heterocycles. The zero-order chi connectivity index (χ0) is 31.9. The fraction of sp³-hybridized carbons (Fsp3) is 0.581. The highest BCUT2D eigenvalue weighted by Gasteiger charge is 2.62. The zero-order valence-electron chi connectivity index (χ0n) is 25.2. The molecule has 0 bridgehead atoms. The third-order valence-corrected chi connectivity index (χ3v) is 11.0. The Morgan fingerprint density at radius 3 is 2.76 bits per heavy atom. The molecule has 2 saturated carbocycles. The molecule has 0 unspecified atom stereocenters. The number of aromatic nitrogens is 2. The molecule has 3 fully saturated rings. The maximum atomic E-state index is 14.6. The number of nitrogens with one attached hydrogen (secondary N) is 2. The standard InChI is InChI=1S/C31H39FN6O6S/c1-2-23-28(35-26-21(32)10-8-12-24(26)34-23)44-19-15-25-27(39)36-31(30(41)37-45(42,43)20-13-14-20)16-18(31)9-6-4-3-5-7-11-22(33)29(40)38(25)17-19/h6,8-10,12,18-20,22,25H,2-5,7,11,13-17,33H2,1H3,(H,36,39)(H,37,41)/b9-6-/t18-,19-,22+,25+,31-/m1/s1. The molecule has 2 aliphatic heterocycles. The van der Waals surface area contributed by atoms with E-state index in [0.717, 1.165) is 25.7 Å². The monoisotopic (exact) mass is 642 g/mol. The average molecular weight is 643 g/mol. The van der Waals surface area contributed by atoms with E-state index in [1.54, 1.807) is 12.1 Å². The molecule has 1 aromatic carbocycles. The number of hydrogen-bond acceptors (Lipinski definition) is 9. The van der Waals surface area contributed by atoms with E-state index >= 15 is 0 Å². The zero-order valence-corrected chi connectivity index (χ0v) is 26.0. The number of amides is 3. The third kappa shape index (κ3) is 6.39. The summed E-state index contributed by atoms with van der Waals surface area (Å²) in [6.45, 7) is 1.88. The van der Waals surface area contributed by atoms with Crippen molar-refractivity contribution >= 4 is 38.8 Å². The first kappa shape index (κ1) is 31.3. The molecular formula is C31H39FN6O6S. The maximum Gasteiger partial charge on any atom is 0.259 e. The first-order chi connectivity index (χ1) is 21.5. The number of hydrogen-bond donors (Lipinski definition) is 3. The van der Waals surface area contributed by atoms with Crippen molar-refractivity contribution in [1.29, 1.82) is 0 Å². The first-order valence-corrected chi connectivity index (χ1v) is 17.3. The largest absolute Gasteiger partial charge is 0.471 e. The maximum absolute atomic E-state index is 14.6. The van der Waals surface area contributed by atoms with Crippen molar-refractivity contribution in [3.63, 3.8) is 0 Å². The molecule has 2 aromatic rings. The summed E-state index contributed by atoms with van der Waals surface area (Å²) in [5.74, 6) is -2.61. The molecule has 0 spiro atoms. The van der Waals surface area contributed by atoms with Gasteiger partial charge in [-0.3, -0.25) is 19.1 Å². The Hall–Kier alpha value is -3.65. The lowest BCUT2D eigenvalue weighted by molar-refractivity contribution is -0.140. The Bertz CT molecular complexity index is 1650. The van der Waals surface area contributed by atoms with Crippen LogP contribution in [0.15, 0.2) is 30.4 Å². The van der Waals surface area contributed by atoms with Crippen molar-refractivity contribution in [2.45, 2.75) is 100 Å². The van der Waals surface area contributed by atoms with Gasteiger partial charge in [-0.2, -0.15) is 0 Å². The smallest absolute Gasteiger partial charge is 0.259 e. The molecule has 14 heteroatoms. The van der Waals surface area contributed by atoms with Gasteiger partial charge in [-0.15, -0.1) is 0 Å². The van der Waals surface area contributed by atoms with Gasteiger partial charge < -0.3 is 20.7 Å². The van der Waals surface area contributed by atoms with Crippen molar-refractivity contribution in [1.82, 2.24) is 24.9 Å². The van der Waals surface area contributed by atoms with Gasteiger partial charge >= 0.3 is 0 Å². The van der Waals surface area contributed by atoms with Crippen molar-refractivity contribution in [2.75, 3.05) is 6.54 Å². The minimum absolute atomic E-state index is 0.0172. The van der Waals surface area contributed by atoms with E-state index in [0.29, 0.717) is 36.9 Å². The number of halogens is 1. The molecule has 3 amide bonds. The van der Waals surface area contributed by atoms with Crippen LogP contribution in [0.4, 0.5) is 4.39 Å². The highest BCUT2D eigenvalue weighted by molar-refractivity contribution is 7.91. The number of allylic oxidation sites excluding steroid dienone is 1. The summed E-state index contributed by atoms with van der Waals surface area (Å²) < 4.78 is 48.3. The van der Waals surface area contributed by atoms with Gasteiger partial charge in [0, 0.05) is 12.3 Å². The molecule has 4 aliphatic rings. The average Bonchev–Trinajstić information content (AvgIpc) is 3.93. The summed E-state index contributed by atoms with van der Waals surface area (Å²) in [6, 6.07) is 2.62. The van der Waals surface area contributed by atoms with Crippen LogP contribution in [0.2, 0.25) is 0 Å². The Morgan fingerprint density at radius 2 is 2.00 bits per heavy atom. The lowest BCUT2D eigenvalue weighted by Gasteiger charge is -2.28. The number of para-hydroxylation sites is 1. The number of sulfonamides is 1. The molecule has 12 nitrogen and oxygen atoms in total. The van der Waals surface area contributed by atoms with Gasteiger partial charge in [0.1, 0.15) is 28.9 Å². The summed E-state index contributed by atoms with van der Waals surface area (Å²) in [5, 5.41) is 2.22. The number of benzene rings is 1. The Labute approximate surface area is 261 Å². The predicted molar refractivity (Wildman–Crippen MR) is 163 cm³/mol. The van der Waals surface area contributed by atoms with E-state index in [9.17, 15) is 27.2 Å². The number of aryl methyl sites for hydroxylation is 1. The molecule has 1 saturated heterocycles. The van der Waals surface area contributed by atoms with Crippen LogP contribution in [0.3, 0.4) is 0 Å². The van der Waals surface area contributed by atoms with Crippen LogP contribution in [0.1, 0.15) is 70.4 Å². The van der Waals surface area contributed by atoms with E-state index in [1.165, 1.54) is 11.0 Å². The molecule has 45 heavy (non-hydrogen) atoms. The number of nitrogens with zero attached hydrogens (tertiary/aromatic N) is 3. The van der Waals surface area contributed by atoms with Gasteiger partial charge in [-0.25, -0.2) is 22.8 Å². The second-order valence-electron chi connectivity index (χ2n) is 12.5. The van der Waals surface area contributed by atoms with Crippen LogP contribution < -0.4 is 20.5 Å². The van der Waals surface area contributed by atoms with Gasteiger partial charge in [0.25, 0.3) is 5.91 Å². The topological polar surface area (TPSA) is 174 Å². The quantitative estimate of drug-likeness (QED) is 0.399. The second kappa shape index (κ2) is 12.3. The van der Waals surface area contributed by atoms with E-state index in [2.05, 4.69) is 20.0 Å². The molecule has 6 rings (SSSR count). The van der Waals surface area contributed by atoms with Gasteiger partial charge in [0.05, 0.1) is 23.4 Å². The van der Waals surface area contributed by atoms with Crippen molar-refractivity contribution < 1.29 is 31.9 Å². The van der Waals surface area contributed by atoms with Crippen molar-refractivity contribution in [3.05, 3.63) is 41.9 Å². The number of carbonyl (C=O) groups is 3. The molecule has 4 N–H and O–H groups in total. The van der Waals surface area contributed by atoms with E-state index in [-0.39, 0.29) is 30.8 Å². The van der Waals surface area contributed by atoms with E-state index < -0.39 is 68.5 Å². The highest BCUT2D eigenvalue weighted by atomic mass is 32.2. The van der Waals surface area contributed by atoms with Gasteiger partial charge in [0.2, 0.25) is 27.7 Å². The summed E-state index contributed by atoms with van der Waals surface area (Å²) in [6.07, 6.45) is 8.48. The fourth-order valence-corrected chi connectivity index (χ4v) is 7.65. The number of carbonyl (C=O) groups excluding carboxylic acids is 3. The number of ether oxygens (including phenoxy) is 1. The summed E-state index contributed by atoms with van der Waals surface area (Å²) in [7, 11) is -3.85. The molecule has 3 heterocycles. The Balaban J connectivity index is 1.28. The van der Waals surface area contributed by atoms with Crippen LogP contribution in [-0.2, 0) is 30.8 Å². The summed E-state index contributed by atoms with van der Waals surface area (Å²) in [4.78, 5) is 51.3. The van der Waals surface area contributed by atoms with E-state index in [1.807, 2.05) is 19.1 Å². The molecule has 0 radical (unpaired) electrons. The normalized spacial score (nSPS) is 30.0. The lowest BCUT2D eigenvalue weighted by atomic mass is 10.1. The van der Waals surface area contributed by atoms with Gasteiger partial charge in [-0.05, 0) is 57.1 Å². The van der Waals surface area contributed by atoms with Gasteiger partial charge in [-0.1, -0.05) is 38.0 Å². The Kier molecular flexibility index (Phi) is 8.55. The number of rotatable bonds is 6. The molecule has 5 atom stereocenters. The van der Waals surface area contributed by atoms with Crippen LogP contribution in [0.5, 0.6) is 5.88 Å². The molecular weight excluding hydrogens is 603 g/mol. The third-order valence-electron chi connectivity index (χ3n) is 9.18. The van der Waals surface area contributed by atoms with Crippen LogP contribution >= 0.6 is 0 Å². The SMILES string of the molecule is CCc1nc2cccc(F)c2nc1O[C@@H]1C[C@H]2C(=O)N[C@]3(C(=O)NS(=O)(=O)C4CC4)C[C@H]3/C=C\CCCCC[C@H](N)C(=O)N2C1. The van der Waals surface area contributed by atoms with Crippen molar-refractivity contribution in [2.24, 2.45) is 11.7 Å². The first-order valence-electron chi connectivity index (χ1n) is 15.7. The predicted octanol–water partition coefficient (Wildman–Crippen LogP) is 2.01. The van der Waals surface area contributed by atoms with Crippen molar-refractivity contribution in [3.8, 4) is 5.88 Å². The Morgan fingerprint density at radius 1 is 1.20 bits per heavy atom.